The summed E-state index contributed by atoms with van der Waals surface area (Å²) in [7, 11) is 0. The molecule has 10 heteroatoms. The predicted octanol–water partition coefficient (Wildman–Crippen LogP) is 4.68. The van der Waals surface area contributed by atoms with E-state index in [1.54, 1.807) is 12.1 Å². The fourth-order valence-electron chi connectivity index (χ4n) is 2.62. The molecule has 29 heavy (non-hydrogen) atoms. The lowest BCUT2D eigenvalue weighted by Gasteiger charge is -2.10. The van der Waals surface area contributed by atoms with E-state index < -0.39 is 35.8 Å². The van der Waals surface area contributed by atoms with E-state index in [4.69, 9.17) is 11.6 Å². The van der Waals surface area contributed by atoms with Gasteiger partial charge in [0.2, 0.25) is 5.91 Å². The second-order valence-electron chi connectivity index (χ2n) is 6.10. The highest BCUT2D eigenvalue weighted by Gasteiger charge is 2.35. The molecule has 1 heterocycles. The molecule has 0 saturated carbocycles. The Morgan fingerprint density at radius 1 is 1.10 bits per heavy atom. The Bertz CT molecular complexity index is 1050. The Hall–Kier alpha value is -2.94. The van der Waals surface area contributed by atoms with Crippen molar-refractivity contribution in [2.24, 2.45) is 0 Å². The maximum Gasteiger partial charge on any atom is 0.435 e. The van der Waals surface area contributed by atoms with E-state index in [1.807, 2.05) is 0 Å². The molecule has 0 saturated heterocycles. The number of hydrogen-bond acceptors (Lipinski definition) is 2. The highest BCUT2D eigenvalue weighted by Crippen LogP contribution is 2.30. The quantitative estimate of drug-likeness (QED) is 0.599. The molecule has 3 aromatic rings. The van der Waals surface area contributed by atoms with Crippen molar-refractivity contribution < 1.29 is 26.7 Å². The van der Waals surface area contributed by atoms with Crippen LogP contribution in [-0.2, 0) is 23.9 Å². The van der Waals surface area contributed by atoms with Gasteiger partial charge in [-0.1, -0.05) is 17.7 Å². The van der Waals surface area contributed by atoms with E-state index in [1.165, 1.54) is 12.1 Å². The molecule has 0 bridgehead atoms. The summed E-state index contributed by atoms with van der Waals surface area (Å²) in [5, 5.41) is 6.24. The van der Waals surface area contributed by atoms with E-state index in [2.05, 4.69) is 10.4 Å². The van der Waals surface area contributed by atoms with Crippen LogP contribution in [0.2, 0.25) is 5.02 Å². The lowest BCUT2D eigenvalue weighted by Crippen LogP contribution is -2.26. The van der Waals surface area contributed by atoms with Crippen molar-refractivity contribution in [1.82, 2.24) is 15.1 Å². The van der Waals surface area contributed by atoms with Crippen molar-refractivity contribution in [1.29, 1.82) is 0 Å². The van der Waals surface area contributed by atoms with Crippen molar-refractivity contribution in [3.8, 4) is 5.69 Å². The van der Waals surface area contributed by atoms with Gasteiger partial charge in [-0.2, -0.15) is 18.3 Å². The lowest BCUT2D eigenvalue weighted by atomic mass is 10.1. The molecule has 1 N–H and O–H groups in total. The minimum Gasteiger partial charge on any atom is -0.350 e. The second-order valence-corrected chi connectivity index (χ2v) is 6.54. The number of rotatable bonds is 5. The van der Waals surface area contributed by atoms with Crippen LogP contribution in [0.5, 0.6) is 0 Å². The van der Waals surface area contributed by atoms with Crippen LogP contribution in [0.15, 0.2) is 48.5 Å². The van der Waals surface area contributed by atoms with Gasteiger partial charge in [0.05, 0.1) is 24.3 Å². The first-order valence-corrected chi connectivity index (χ1v) is 8.64. The molecular weight excluding hydrogens is 417 g/mol. The Morgan fingerprint density at radius 3 is 2.55 bits per heavy atom. The summed E-state index contributed by atoms with van der Waals surface area (Å²) < 4.78 is 67.1. The van der Waals surface area contributed by atoms with Crippen molar-refractivity contribution >= 4 is 17.5 Å². The van der Waals surface area contributed by atoms with Gasteiger partial charge in [0, 0.05) is 10.6 Å². The van der Waals surface area contributed by atoms with Crippen LogP contribution in [0, 0.1) is 11.6 Å². The first-order chi connectivity index (χ1) is 13.6. The summed E-state index contributed by atoms with van der Waals surface area (Å²) in [6, 6.07) is 9.50. The van der Waals surface area contributed by atoms with Gasteiger partial charge in [0.15, 0.2) is 5.69 Å². The number of amides is 1. The predicted molar refractivity (Wildman–Crippen MR) is 95.5 cm³/mol. The fourth-order valence-corrected chi connectivity index (χ4v) is 2.80. The topological polar surface area (TPSA) is 46.9 Å². The minimum absolute atomic E-state index is 0.0349. The summed E-state index contributed by atoms with van der Waals surface area (Å²) in [6.45, 7) is -0.314. The zero-order valence-corrected chi connectivity index (χ0v) is 15.4. The Morgan fingerprint density at radius 2 is 1.86 bits per heavy atom. The minimum atomic E-state index is -4.69. The van der Waals surface area contributed by atoms with E-state index in [-0.39, 0.29) is 23.5 Å². The first kappa shape index (κ1) is 20.8. The Balaban J connectivity index is 1.81. The number of halogens is 6. The maximum atomic E-state index is 13.7. The monoisotopic (exact) mass is 429 g/mol. The molecule has 0 aliphatic heterocycles. The number of aromatic nitrogens is 2. The van der Waals surface area contributed by atoms with Gasteiger partial charge in [0.25, 0.3) is 0 Å². The molecule has 0 spiro atoms. The molecule has 1 amide bonds. The molecule has 2 aromatic carbocycles. The molecule has 0 atom stereocenters. The molecule has 3 rings (SSSR count). The number of carbonyl (C=O) groups excluding carboxylic acids is 1. The molecule has 0 unspecified atom stereocenters. The number of nitrogens with one attached hydrogen (secondary N) is 1. The number of hydrogen-bond donors (Lipinski definition) is 1. The van der Waals surface area contributed by atoms with Gasteiger partial charge in [-0.25, -0.2) is 13.5 Å². The third-order valence-corrected chi connectivity index (χ3v) is 4.19. The van der Waals surface area contributed by atoms with Gasteiger partial charge in [-0.15, -0.1) is 0 Å². The number of carbonyl (C=O) groups is 1. The number of benzene rings is 2. The summed E-state index contributed by atoms with van der Waals surface area (Å²) in [4.78, 5) is 12.1. The molecule has 152 valence electrons. The molecule has 0 radical (unpaired) electrons. The maximum absolute atomic E-state index is 13.7. The van der Waals surface area contributed by atoms with Crippen molar-refractivity contribution in [3.63, 3.8) is 0 Å². The average Bonchev–Trinajstić information content (AvgIpc) is 3.08. The van der Waals surface area contributed by atoms with Crippen LogP contribution in [0.4, 0.5) is 22.0 Å². The lowest BCUT2D eigenvalue weighted by molar-refractivity contribution is -0.141. The van der Waals surface area contributed by atoms with Crippen molar-refractivity contribution in [2.45, 2.75) is 19.1 Å². The van der Waals surface area contributed by atoms with Crippen LogP contribution < -0.4 is 5.32 Å². The van der Waals surface area contributed by atoms with E-state index in [0.717, 1.165) is 28.9 Å². The first-order valence-electron chi connectivity index (χ1n) is 8.26. The number of alkyl halides is 3. The van der Waals surface area contributed by atoms with Crippen LogP contribution in [-0.4, -0.2) is 15.7 Å². The van der Waals surface area contributed by atoms with E-state index in [9.17, 15) is 26.7 Å². The van der Waals surface area contributed by atoms with Crippen LogP contribution in [0.25, 0.3) is 5.69 Å². The molecule has 0 aliphatic rings. The van der Waals surface area contributed by atoms with Crippen LogP contribution >= 0.6 is 11.6 Å². The van der Waals surface area contributed by atoms with Crippen molar-refractivity contribution in [2.75, 3.05) is 0 Å². The standard InChI is InChI=1S/C19H13ClF5N3O/c20-12-2-1-3-14(8-12)28-15(9-17(27-28)19(23,24)25)10-26-18(29)7-11-6-13(21)4-5-16(11)22/h1-6,8-9H,7,10H2,(H,26,29). The third kappa shape index (κ3) is 5.11. The summed E-state index contributed by atoms with van der Waals surface area (Å²) in [5.74, 6) is -2.16. The van der Waals surface area contributed by atoms with Gasteiger partial charge in [-0.3, -0.25) is 4.79 Å². The molecule has 0 fully saturated rings. The zero-order chi connectivity index (χ0) is 21.2. The summed E-state index contributed by atoms with van der Waals surface area (Å²) in [6.07, 6.45) is -5.16. The van der Waals surface area contributed by atoms with Gasteiger partial charge in [-0.05, 0) is 42.5 Å². The second kappa shape index (κ2) is 8.20. The largest absolute Gasteiger partial charge is 0.435 e. The zero-order valence-electron chi connectivity index (χ0n) is 14.6. The fraction of sp³-hybridized carbons (Fsp3) is 0.158. The molecular formula is C19H13ClF5N3O. The molecule has 4 nitrogen and oxygen atoms in total. The highest BCUT2D eigenvalue weighted by molar-refractivity contribution is 6.30. The normalized spacial score (nSPS) is 11.5. The number of nitrogens with zero attached hydrogens (tertiary/aromatic N) is 2. The Kier molecular flexibility index (Phi) is 5.88. The highest BCUT2D eigenvalue weighted by atomic mass is 35.5. The van der Waals surface area contributed by atoms with Crippen LogP contribution in [0.3, 0.4) is 0 Å². The van der Waals surface area contributed by atoms with Gasteiger partial charge in [0.1, 0.15) is 11.6 Å². The van der Waals surface area contributed by atoms with E-state index >= 15 is 0 Å². The van der Waals surface area contributed by atoms with Crippen molar-refractivity contribution in [3.05, 3.63) is 82.1 Å². The SMILES string of the molecule is O=C(Cc1cc(F)ccc1F)NCc1cc(C(F)(F)F)nn1-c1cccc(Cl)c1. The summed E-state index contributed by atoms with van der Waals surface area (Å²) >= 11 is 5.89. The Labute approximate surface area is 166 Å². The third-order valence-electron chi connectivity index (χ3n) is 3.95. The average molecular weight is 430 g/mol. The van der Waals surface area contributed by atoms with Crippen LogP contribution in [0.1, 0.15) is 17.0 Å². The smallest absolute Gasteiger partial charge is 0.350 e. The van der Waals surface area contributed by atoms with Gasteiger partial charge < -0.3 is 5.32 Å². The van der Waals surface area contributed by atoms with E-state index in [0.29, 0.717) is 5.02 Å². The molecule has 0 aliphatic carbocycles. The van der Waals surface area contributed by atoms with Gasteiger partial charge >= 0.3 is 6.18 Å². The summed E-state index contributed by atoms with van der Waals surface area (Å²) in [5.41, 5.74) is -0.999. The molecule has 1 aromatic heterocycles.